The van der Waals surface area contributed by atoms with Crippen LogP contribution in [0.2, 0.25) is 0 Å². The van der Waals surface area contributed by atoms with Gasteiger partial charge in [-0.05, 0) is 57.4 Å². The minimum absolute atomic E-state index is 0.115. The van der Waals surface area contributed by atoms with Crippen LogP contribution in [0.4, 0.5) is 8.78 Å². The zero-order chi connectivity index (χ0) is 31.4. The number of carbonyl (C=O) groups is 1. The van der Waals surface area contributed by atoms with E-state index in [1.54, 1.807) is 18.2 Å². The number of aromatic nitrogens is 2. The Labute approximate surface area is 248 Å². The molecule has 0 amide bonds. The summed E-state index contributed by atoms with van der Waals surface area (Å²) in [5.74, 6) is -4.30. The highest BCUT2D eigenvalue weighted by Gasteiger charge is 2.60. The van der Waals surface area contributed by atoms with Crippen LogP contribution in [-0.4, -0.2) is 82.5 Å². The Kier molecular flexibility index (Phi) is 10.7. The third-order valence-corrected chi connectivity index (χ3v) is 8.81. The Balaban J connectivity index is 1.47. The van der Waals surface area contributed by atoms with Gasteiger partial charge in [0, 0.05) is 25.0 Å². The number of hydrogen-bond donors (Lipinski definition) is 2. The Hall–Kier alpha value is -2.74. The van der Waals surface area contributed by atoms with Crippen molar-refractivity contribution in [2.24, 2.45) is 5.92 Å². The van der Waals surface area contributed by atoms with E-state index in [0.29, 0.717) is 29.5 Å². The molecule has 1 aromatic carbocycles. The summed E-state index contributed by atoms with van der Waals surface area (Å²) in [4.78, 5) is 31.4. The van der Waals surface area contributed by atoms with Crippen molar-refractivity contribution in [2.75, 3.05) is 26.7 Å². The number of esters is 1. The number of benzene rings is 1. The number of piperidine rings is 1. The van der Waals surface area contributed by atoms with Crippen molar-refractivity contribution in [1.82, 2.24) is 19.5 Å². The fraction of sp³-hybridized carbons (Fsp3) is 0.607. The van der Waals surface area contributed by atoms with Crippen molar-refractivity contribution in [2.45, 2.75) is 76.5 Å². The van der Waals surface area contributed by atoms with Crippen molar-refractivity contribution in [1.29, 1.82) is 0 Å². The molecule has 0 aliphatic carbocycles. The number of aliphatic hydroxyl groups is 1. The van der Waals surface area contributed by atoms with Gasteiger partial charge < -0.3 is 24.0 Å². The molecule has 0 radical (unpaired) electrons. The van der Waals surface area contributed by atoms with Gasteiger partial charge in [0.2, 0.25) is 6.23 Å². The maximum atomic E-state index is 15.2. The third kappa shape index (κ3) is 8.46. The van der Waals surface area contributed by atoms with Gasteiger partial charge in [-0.1, -0.05) is 32.0 Å². The number of likely N-dealkylation sites (tertiary alicyclic amines) is 1. The number of nitrogens with one attached hydrogen (secondary N) is 1. The number of alkyl halides is 2. The quantitative estimate of drug-likeness (QED) is 0.265. The van der Waals surface area contributed by atoms with Crippen molar-refractivity contribution in [3.05, 3.63) is 58.8 Å². The lowest BCUT2D eigenvalue weighted by Gasteiger charge is -2.30. The second kappa shape index (κ2) is 13.9. The van der Waals surface area contributed by atoms with Crippen molar-refractivity contribution in [3.8, 4) is 5.75 Å². The molecule has 2 aliphatic heterocycles. The second-order valence-electron chi connectivity index (χ2n) is 11.3. The lowest BCUT2D eigenvalue weighted by Crippen LogP contribution is -2.42. The molecule has 1 aromatic heterocycles. The number of rotatable bonds is 12. The fourth-order valence-corrected chi connectivity index (χ4v) is 6.31. The maximum absolute atomic E-state index is 15.2. The van der Waals surface area contributed by atoms with E-state index in [9.17, 15) is 19.3 Å². The fourth-order valence-electron chi connectivity index (χ4n) is 4.81. The topological polar surface area (TPSA) is 141 Å². The van der Waals surface area contributed by atoms with Crippen molar-refractivity contribution >= 4 is 13.7 Å². The van der Waals surface area contributed by atoms with E-state index in [4.69, 9.17) is 18.5 Å². The van der Waals surface area contributed by atoms with E-state index < -0.39 is 56.4 Å². The monoisotopic (exact) mass is 628 g/mol. The molecule has 3 heterocycles. The van der Waals surface area contributed by atoms with Gasteiger partial charge in [0.05, 0.1) is 6.61 Å². The lowest BCUT2D eigenvalue weighted by atomic mass is 10.1. The van der Waals surface area contributed by atoms with E-state index >= 15 is 8.78 Å². The van der Waals surface area contributed by atoms with Gasteiger partial charge in [0.15, 0.2) is 6.10 Å². The van der Waals surface area contributed by atoms with Gasteiger partial charge in [-0.2, -0.15) is 18.9 Å². The first kappa shape index (κ1) is 33.2. The molecule has 2 aliphatic rings. The molecule has 1 unspecified atom stereocenters. The number of aliphatic hydroxyl groups excluding tert-OH is 1. The van der Waals surface area contributed by atoms with Crippen LogP contribution in [0.15, 0.2) is 47.4 Å². The van der Waals surface area contributed by atoms with Gasteiger partial charge in [-0.3, -0.25) is 13.9 Å². The van der Waals surface area contributed by atoms with Crippen LogP contribution in [0.5, 0.6) is 5.75 Å². The molecule has 2 aromatic rings. The normalized spacial score (nSPS) is 24.9. The smallest absolute Gasteiger partial charge is 0.459 e. The number of ether oxygens (including phenoxy) is 2. The summed E-state index contributed by atoms with van der Waals surface area (Å²) < 4.78 is 66.7. The van der Waals surface area contributed by atoms with E-state index in [0.717, 1.165) is 19.3 Å². The third-order valence-electron chi connectivity index (χ3n) is 7.17. The molecule has 238 valence electrons. The summed E-state index contributed by atoms with van der Waals surface area (Å²) in [6, 6.07) is 8.20. The molecule has 2 fully saturated rings. The minimum Gasteiger partial charge on any atom is -0.461 e. The van der Waals surface area contributed by atoms with Crippen LogP contribution >= 0.6 is 7.75 Å². The highest BCUT2D eigenvalue weighted by atomic mass is 31.2. The van der Waals surface area contributed by atoms with Gasteiger partial charge in [-0.15, -0.1) is 0 Å². The summed E-state index contributed by atoms with van der Waals surface area (Å²) in [5, 5.41) is 13.0. The summed E-state index contributed by atoms with van der Waals surface area (Å²) >= 11 is 0. The molecule has 2 N–H and O–H groups in total. The first-order valence-electron chi connectivity index (χ1n) is 14.2. The molecular formula is C28H39F2N4O8P. The van der Waals surface area contributed by atoms with E-state index in [1.165, 1.54) is 25.1 Å². The summed E-state index contributed by atoms with van der Waals surface area (Å²) in [5.41, 5.74) is -0.528. The van der Waals surface area contributed by atoms with Crippen LogP contribution < -0.4 is 15.3 Å². The molecule has 0 saturated carbocycles. The van der Waals surface area contributed by atoms with Gasteiger partial charge in [-0.25, -0.2) is 9.36 Å². The first-order valence-corrected chi connectivity index (χ1v) is 15.8. The Bertz CT molecular complexity index is 1340. The van der Waals surface area contributed by atoms with E-state index in [-0.39, 0.29) is 17.8 Å². The van der Waals surface area contributed by atoms with Crippen LogP contribution in [0.1, 0.15) is 45.5 Å². The molecule has 0 bridgehead atoms. The molecule has 5 atom stereocenters. The predicted molar refractivity (Wildman–Crippen MR) is 152 cm³/mol. The van der Waals surface area contributed by atoms with Crippen molar-refractivity contribution < 1.29 is 41.8 Å². The Morgan fingerprint density at radius 3 is 2.51 bits per heavy atom. The molecule has 0 spiro atoms. The molecule has 12 nitrogen and oxygen atoms in total. The van der Waals surface area contributed by atoms with Gasteiger partial charge in [0.1, 0.15) is 24.0 Å². The van der Waals surface area contributed by atoms with Gasteiger partial charge in [0.25, 0.3) is 0 Å². The molecular weight excluding hydrogens is 589 g/mol. The van der Waals surface area contributed by atoms with Crippen LogP contribution in [0.25, 0.3) is 0 Å². The highest BCUT2D eigenvalue weighted by Crippen LogP contribution is 2.48. The van der Waals surface area contributed by atoms with Crippen molar-refractivity contribution in [3.63, 3.8) is 0 Å². The van der Waals surface area contributed by atoms with Crippen LogP contribution in [0.3, 0.4) is 0 Å². The molecule has 2 saturated heterocycles. The number of halogens is 2. The Morgan fingerprint density at radius 2 is 1.88 bits per heavy atom. The number of carbonyl (C=O) groups excluding carboxylic acids is 1. The SMILES string of the molecule is CC(C)Cc1ccn([C@@H]2O[C@H](COP(=O)(N[C@@H](C)C(=O)OC3CCN(C)CC3)Oc3ccccc3)[C@@H](O)C2(F)F)c(=O)n1. The average Bonchev–Trinajstić information content (AvgIpc) is 3.17. The molecule has 15 heteroatoms. The van der Waals surface area contributed by atoms with Crippen LogP contribution in [0, 0.1) is 5.92 Å². The van der Waals surface area contributed by atoms with Gasteiger partial charge >= 0.3 is 25.3 Å². The predicted octanol–water partition coefficient (Wildman–Crippen LogP) is 3.15. The average molecular weight is 629 g/mol. The number of hydrogen-bond acceptors (Lipinski definition) is 10. The summed E-state index contributed by atoms with van der Waals surface area (Å²) in [7, 11) is -2.46. The molecule has 43 heavy (non-hydrogen) atoms. The summed E-state index contributed by atoms with van der Waals surface area (Å²) in [6.45, 7) is 5.97. The van der Waals surface area contributed by atoms with E-state index in [1.807, 2.05) is 20.9 Å². The zero-order valence-corrected chi connectivity index (χ0v) is 25.5. The second-order valence-corrected chi connectivity index (χ2v) is 13.0. The standard InChI is InChI=1S/C28H39F2N4O8P/c1-18(2)16-20-10-15-34(27(37)31-20)26-28(29,30)24(35)23(41-26)17-39-43(38,42-22-8-6-5-7-9-22)32-19(3)25(36)40-21-11-13-33(4)14-12-21/h5-10,15,18-19,21,23-24,26,35H,11-14,16-17H2,1-4H3,(H,32,38)/t19-,23+,24+,26+,43?/m0/s1. The van der Waals surface area contributed by atoms with Crippen LogP contribution in [-0.2, 0) is 29.8 Å². The minimum atomic E-state index is -4.43. The first-order chi connectivity index (χ1) is 20.3. The largest absolute Gasteiger partial charge is 0.461 e. The lowest BCUT2D eigenvalue weighted by molar-refractivity contribution is -0.152. The number of nitrogens with zero attached hydrogens (tertiary/aromatic N) is 3. The Morgan fingerprint density at radius 1 is 1.21 bits per heavy atom. The summed E-state index contributed by atoms with van der Waals surface area (Å²) in [6.07, 6.45) is -3.70. The molecule has 4 rings (SSSR count). The zero-order valence-electron chi connectivity index (χ0n) is 24.6. The maximum Gasteiger partial charge on any atom is 0.459 e. The highest BCUT2D eigenvalue weighted by molar-refractivity contribution is 7.52. The number of para-hydroxylation sites is 1. The van der Waals surface area contributed by atoms with E-state index in [2.05, 4.69) is 15.0 Å².